The number of benzene rings is 10. The fourth-order valence-electron chi connectivity index (χ4n) is 10.5. The molecule has 0 aromatic heterocycles. The van der Waals surface area contributed by atoms with Crippen LogP contribution in [-0.4, -0.2) is 0 Å². The molecule has 10 aromatic rings. The highest BCUT2D eigenvalue weighted by Gasteiger charge is 2.28. The number of rotatable bonds is 10. The summed E-state index contributed by atoms with van der Waals surface area (Å²) in [5, 5.41) is 7.82. The molecule has 326 valence electrons. The van der Waals surface area contributed by atoms with Crippen LogP contribution in [0.3, 0.4) is 0 Å². The molecule has 0 spiro atoms. The first kappa shape index (κ1) is 42.8. The van der Waals surface area contributed by atoms with Crippen LogP contribution in [0.2, 0.25) is 0 Å². The van der Waals surface area contributed by atoms with E-state index in [9.17, 15) is 0 Å². The lowest BCUT2D eigenvalue weighted by Crippen LogP contribution is -2.15. The second kappa shape index (κ2) is 17.0. The van der Waals surface area contributed by atoms with E-state index < -0.39 is 0 Å². The summed E-state index contributed by atoms with van der Waals surface area (Å²) in [4.78, 5) is 5.14. The van der Waals surface area contributed by atoms with Gasteiger partial charge in [-0.1, -0.05) is 172 Å². The summed E-state index contributed by atoms with van der Waals surface area (Å²) < 4.78 is 0. The molecule has 0 fully saturated rings. The molecule has 0 aliphatic heterocycles. The van der Waals surface area contributed by atoms with Crippen LogP contribution in [0.1, 0.15) is 84.0 Å². The van der Waals surface area contributed by atoms with E-state index in [0.29, 0.717) is 0 Å². The Morgan fingerprint density at radius 3 is 1.03 bits per heavy atom. The summed E-state index contributed by atoms with van der Waals surface area (Å²) >= 11 is 0. The van der Waals surface area contributed by atoms with Crippen LogP contribution in [0.5, 0.6) is 0 Å². The second-order valence-corrected chi connectivity index (χ2v) is 19.3. The monoisotopic (exact) mass is 856 g/mol. The van der Waals surface area contributed by atoms with Gasteiger partial charge in [0.1, 0.15) is 0 Å². The van der Waals surface area contributed by atoms with Crippen LogP contribution >= 0.6 is 0 Å². The number of hydrogen-bond acceptors (Lipinski definition) is 2. The standard InChI is InChI=1S/C64H60N2/c1-39(2)55-37-61(65(57-31-21-41(5)33-45(57)9)59-35-49(25-23-43(59)7)47-17-13-11-14-18-47)53-30-28-52-56(40(3)4)38-62(54-29-27-51(55)63(53)64(52)54)66(58-32-22-42(6)34-46(58)10)60-36-50(26-24-44(60)8)48-19-15-12-16-20-48/h11-40H,1-10H3. The van der Waals surface area contributed by atoms with Crippen molar-refractivity contribution in [3.8, 4) is 22.3 Å². The zero-order chi connectivity index (χ0) is 46.0. The SMILES string of the molecule is Cc1ccc(N(c2cc(-c3ccccc3)ccc2C)c2cc(C(C)C)c3ccc4c(N(c5ccc(C)cc5C)c5cc(-c6ccccc6)ccc5C)cc(C(C)C)c5ccc2c3c54)c(C)c1. The highest BCUT2D eigenvalue weighted by molar-refractivity contribution is 6.29. The predicted molar refractivity (Wildman–Crippen MR) is 287 cm³/mol. The van der Waals surface area contributed by atoms with E-state index in [0.717, 1.165) is 0 Å². The van der Waals surface area contributed by atoms with Gasteiger partial charge in [-0.2, -0.15) is 0 Å². The minimum atomic E-state index is 0.283. The Hall–Kier alpha value is -7.16. The lowest BCUT2D eigenvalue weighted by molar-refractivity contribution is 0.875. The van der Waals surface area contributed by atoms with Gasteiger partial charge < -0.3 is 9.80 Å². The fourth-order valence-corrected chi connectivity index (χ4v) is 10.5. The molecule has 66 heavy (non-hydrogen) atoms. The number of anilines is 6. The molecule has 10 aromatic carbocycles. The minimum Gasteiger partial charge on any atom is -0.309 e. The number of aryl methyl sites for hydroxylation is 6. The summed E-state index contributed by atoms with van der Waals surface area (Å²) in [5.41, 5.74) is 22.2. The Kier molecular flexibility index (Phi) is 11.0. The van der Waals surface area contributed by atoms with Crippen molar-refractivity contribution in [3.05, 3.63) is 214 Å². The first-order valence-corrected chi connectivity index (χ1v) is 23.7. The van der Waals surface area contributed by atoms with Crippen LogP contribution < -0.4 is 9.80 Å². The third kappa shape index (κ3) is 7.39. The van der Waals surface area contributed by atoms with E-state index in [4.69, 9.17) is 0 Å². The quantitative estimate of drug-likeness (QED) is 0.126. The van der Waals surface area contributed by atoms with E-state index in [-0.39, 0.29) is 11.8 Å². The van der Waals surface area contributed by atoms with Gasteiger partial charge in [0.05, 0.1) is 11.4 Å². The molecule has 0 aliphatic carbocycles. The Morgan fingerprint density at radius 1 is 0.288 bits per heavy atom. The van der Waals surface area contributed by atoms with Crippen LogP contribution in [0.15, 0.2) is 170 Å². The predicted octanol–water partition coefficient (Wildman–Crippen LogP) is 19.0. The van der Waals surface area contributed by atoms with Crippen molar-refractivity contribution in [2.75, 3.05) is 9.80 Å². The molecule has 0 heterocycles. The van der Waals surface area contributed by atoms with Crippen LogP contribution in [0.25, 0.3) is 54.6 Å². The smallest absolute Gasteiger partial charge is 0.0543 e. The summed E-state index contributed by atoms with van der Waals surface area (Å²) in [5.74, 6) is 0.565. The molecule has 0 aliphatic rings. The Bertz CT molecular complexity index is 3200. The second-order valence-electron chi connectivity index (χ2n) is 19.3. The Balaban J connectivity index is 1.33. The third-order valence-corrected chi connectivity index (χ3v) is 13.9. The van der Waals surface area contributed by atoms with Crippen molar-refractivity contribution >= 4 is 66.4 Å². The molecular formula is C64H60N2. The zero-order valence-electron chi connectivity index (χ0n) is 40.2. The molecule has 0 amide bonds. The van der Waals surface area contributed by atoms with E-state index in [1.54, 1.807) is 0 Å². The molecular weight excluding hydrogens is 797 g/mol. The van der Waals surface area contributed by atoms with E-state index in [2.05, 4.69) is 249 Å². The van der Waals surface area contributed by atoms with Crippen molar-refractivity contribution in [2.24, 2.45) is 0 Å². The van der Waals surface area contributed by atoms with Crippen molar-refractivity contribution in [2.45, 2.75) is 81.1 Å². The largest absolute Gasteiger partial charge is 0.309 e. The lowest BCUT2D eigenvalue weighted by Gasteiger charge is -2.33. The topological polar surface area (TPSA) is 6.48 Å². The maximum absolute atomic E-state index is 2.57. The average molecular weight is 857 g/mol. The molecule has 0 saturated heterocycles. The first-order valence-electron chi connectivity index (χ1n) is 23.7. The van der Waals surface area contributed by atoms with E-state index in [1.807, 2.05) is 0 Å². The molecule has 10 rings (SSSR count). The Morgan fingerprint density at radius 2 is 0.667 bits per heavy atom. The Labute approximate surface area is 392 Å². The van der Waals surface area contributed by atoms with Crippen LogP contribution in [-0.2, 0) is 0 Å². The van der Waals surface area contributed by atoms with Gasteiger partial charge >= 0.3 is 0 Å². The summed E-state index contributed by atoms with van der Waals surface area (Å²) in [6, 6.07) is 64.1. The van der Waals surface area contributed by atoms with Crippen LogP contribution in [0, 0.1) is 41.5 Å². The van der Waals surface area contributed by atoms with Gasteiger partial charge in [-0.05, 0) is 167 Å². The minimum absolute atomic E-state index is 0.283. The summed E-state index contributed by atoms with van der Waals surface area (Å²) in [6.45, 7) is 22.9. The van der Waals surface area contributed by atoms with E-state index >= 15 is 0 Å². The molecule has 0 bridgehead atoms. The maximum Gasteiger partial charge on any atom is 0.0543 e. The van der Waals surface area contributed by atoms with Crippen molar-refractivity contribution < 1.29 is 0 Å². The number of nitrogens with zero attached hydrogens (tertiary/aromatic N) is 2. The fraction of sp³-hybridized carbons (Fsp3) is 0.188. The normalized spacial score (nSPS) is 11.8. The lowest BCUT2D eigenvalue weighted by atomic mass is 9.83. The highest BCUT2D eigenvalue weighted by atomic mass is 15.2. The molecule has 0 N–H and O–H groups in total. The van der Waals surface area contributed by atoms with Crippen LogP contribution in [0.4, 0.5) is 34.1 Å². The van der Waals surface area contributed by atoms with E-state index in [1.165, 1.54) is 133 Å². The van der Waals surface area contributed by atoms with Crippen molar-refractivity contribution in [1.29, 1.82) is 0 Å². The molecule has 0 saturated carbocycles. The molecule has 0 unspecified atom stereocenters. The van der Waals surface area contributed by atoms with Crippen molar-refractivity contribution in [1.82, 2.24) is 0 Å². The van der Waals surface area contributed by atoms with Gasteiger partial charge in [-0.25, -0.2) is 0 Å². The third-order valence-electron chi connectivity index (χ3n) is 13.9. The molecule has 0 atom stereocenters. The average Bonchev–Trinajstić information content (AvgIpc) is 3.31. The van der Waals surface area contributed by atoms with Gasteiger partial charge in [-0.15, -0.1) is 0 Å². The van der Waals surface area contributed by atoms with Gasteiger partial charge in [-0.3, -0.25) is 0 Å². The van der Waals surface area contributed by atoms with Gasteiger partial charge in [0, 0.05) is 33.5 Å². The summed E-state index contributed by atoms with van der Waals surface area (Å²) in [7, 11) is 0. The van der Waals surface area contributed by atoms with Gasteiger partial charge in [0.15, 0.2) is 0 Å². The first-order chi connectivity index (χ1) is 31.9. The molecule has 2 nitrogen and oxygen atoms in total. The highest BCUT2D eigenvalue weighted by Crippen LogP contribution is 2.52. The van der Waals surface area contributed by atoms with Crippen molar-refractivity contribution in [3.63, 3.8) is 0 Å². The molecule has 2 heteroatoms. The van der Waals surface area contributed by atoms with Gasteiger partial charge in [0.25, 0.3) is 0 Å². The maximum atomic E-state index is 2.57. The summed E-state index contributed by atoms with van der Waals surface area (Å²) in [6.07, 6.45) is 0. The zero-order valence-corrected chi connectivity index (χ0v) is 40.2. The van der Waals surface area contributed by atoms with Gasteiger partial charge in [0.2, 0.25) is 0 Å². The number of hydrogen-bond donors (Lipinski definition) is 0. The molecule has 0 radical (unpaired) electrons.